The maximum Gasteiger partial charge on any atom is 0.309 e. The summed E-state index contributed by atoms with van der Waals surface area (Å²) in [6.07, 6.45) is 5.56. The third kappa shape index (κ3) is 4.04. The highest BCUT2D eigenvalue weighted by Crippen LogP contribution is 2.63. The molecule has 8 atom stereocenters. The second-order valence-electron chi connectivity index (χ2n) is 10.6. The summed E-state index contributed by atoms with van der Waals surface area (Å²) in [4.78, 5) is 25.9. The lowest BCUT2D eigenvalue weighted by molar-refractivity contribution is -0.155. The summed E-state index contributed by atoms with van der Waals surface area (Å²) in [6.45, 7) is 16.5. The number of ketones is 1. The second kappa shape index (κ2) is 8.82. The number of carbonyl (C=O) groups excluding carboxylic acids is 2. The fraction of sp³-hybridized carbons (Fsp3) is 0.769. The first kappa shape index (κ1) is 24.2. The Balaban J connectivity index is 1.74. The number of rotatable bonds is 9. The Hall–Kier alpha value is -1.46. The first-order valence-electron chi connectivity index (χ1n) is 12.0. The van der Waals surface area contributed by atoms with Crippen LogP contribution in [0.3, 0.4) is 0 Å². The number of carbonyl (C=O) groups is 2. The Morgan fingerprint density at radius 1 is 1.29 bits per heavy atom. The topological polar surface area (TPSA) is 76.1 Å². The highest BCUT2D eigenvalue weighted by molar-refractivity contribution is 6.05. The van der Waals surface area contributed by atoms with Crippen LogP contribution in [-0.4, -0.2) is 41.3 Å². The van der Waals surface area contributed by atoms with Crippen molar-refractivity contribution in [2.24, 2.45) is 29.1 Å². The maximum atomic E-state index is 13.0. The predicted octanol–water partition coefficient (Wildman–Crippen LogP) is 4.63. The van der Waals surface area contributed by atoms with Crippen LogP contribution in [0.15, 0.2) is 23.8 Å². The third-order valence-electron chi connectivity index (χ3n) is 8.30. The summed E-state index contributed by atoms with van der Waals surface area (Å²) in [7, 11) is 0. The van der Waals surface area contributed by atoms with Crippen LogP contribution >= 0.6 is 0 Å². The van der Waals surface area contributed by atoms with Gasteiger partial charge >= 0.3 is 5.97 Å². The highest BCUT2D eigenvalue weighted by Gasteiger charge is 2.74. The van der Waals surface area contributed by atoms with Gasteiger partial charge in [0.25, 0.3) is 0 Å². The molecule has 0 spiro atoms. The van der Waals surface area contributed by atoms with Crippen LogP contribution in [0.1, 0.15) is 73.6 Å². The van der Waals surface area contributed by atoms with Crippen molar-refractivity contribution < 1.29 is 24.2 Å². The van der Waals surface area contributed by atoms with Gasteiger partial charge in [0.15, 0.2) is 11.4 Å². The lowest BCUT2D eigenvalue weighted by Gasteiger charge is -2.47. The van der Waals surface area contributed by atoms with Gasteiger partial charge in [-0.25, -0.2) is 0 Å². The molecule has 1 saturated carbocycles. The van der Waals surface area contributed by atoms with Crippen LogP contribution in [0.2, 0.25) is 0 Å². The molecule has 31 heavy (non-hydrogen) atoms. The van der Waals surface area contributed by atoms with Crippen molar-refractivity contribution in [2.75, 3.05) is 6.61 Å². The molecule has 2 aliphatic carbocycles. The first-order valence-corrected chi connectivity index (χ1v) is 12.0. The first-order chi connectivity index (χ1) is 14.5. The average molecular weight is 433 g/mol. The van der Waals surface area contributed by atoms with E-state index in [4.69, 9.17) is 9.47 Å². The number of ether oxygens (including phenoxy) is 2. The Morgan fingerprint density at radius 3 is 2.58 bits per heavy atom. The van der Waals surface area contributed by atoms with E-state index in [1.165, 1.54) is 0 Å². The van der Waals surface area contributed by atoms with E-state index >= 15 is 0 Å². The molecular formula is C26H40O5. The minimum Gasteiger partial charge on any atom is -0.458 e. The van der Waals surface area contributed by atoms with E-state index in [-0.39, 0.29) is 36.3 Å². The van der Waals surface area contributed by atoms with Crippen molar-refractivity contribution in [2.45, 2.75) is 91.5 Å². The quantitative estimate of drug-likeness (QED) is 0.327. The molecule has 0 bridgehead atoms. The van der Waals surface area contributed by atoms with Gasteiger partial charge in [0, 0.05) is 5.41 Å². The molecule has 0 unspecified atom stereocenters. The lowest BCUT2D eigenvalue weighted by Crippen LogP contribution is -2.51. The molecule has 1 saturated heterocycles. The van der Waals surface area contributed by atoms with Gasteiger partial charge in [0.2, 0.25) is 0 Å². The fourth-order valence-corrected chi connectivity index (χ4v) is 5.87. The predicted molar refractivity (Wildman–Crippen MR) is 120 cm³/mol. The summed E-state index contributed by atoms with van der Waals surface area (Å²) < 4.78 is 12.0. The number of aliphatic hydroxyl groups excluding tert-OH is 1. The van der Waals surface area contributed by atoms with Crippen LogP contribution in [-0.2, 0) is 19.1 Å². The van der Waals surface area contributed by atoms with Crippen molar-refractivity contribution in [3.05, 3.63) is 23.8 Å². The minimum atomic E-state index is -1.11. The van der Waals surface area contributed by atoms with Gasteiger partial charge in [-0.1, -0.05) is 54.5 Å². The molecule has 174 valence electrons. The summed E-state index contributed by atoms with van der Waals surface area (Å²) >= 11 is 0. The van der Waals surface area contributed by atoms with Gasteiger partial charge in [-0.15, -0.1) is 0 Å². The molecule has 0 aromatic heterocycles. The van der Waals surface area contributed by atoms with Crippen molar-refractivity contribution in [3.63, 3.8) is 0 Å². The monoisotopic (exact) mass is 432 g/mol. The van der Waals surface area contributed by atoms with Gasteiger partial charge in [0.1, 0.15) is 12.2 Å². The minimum absolute atomic E-state index is 0.171. The molecule has 5 nitrogen and oxygen atoms in total. The lowest BCUT2D eigenvalue weighted by atomic mass is 9.57. The summed E-state index contributed by atoms with van der Waals surface area (Å²) in [5.74, 6) is 0.858. The van der Waals surface area contributed by atoms with E-state index in [1.807, 2.05) is 6.92 Å². The standard InChI is InChI=1S/C26H40O5/c1-8-15(2)11-16(3)12-17(4)23(29)30-21-10-9-18(5)25(7)20(21)13-22(28)26(19(6)14-27)24(25)31-26/h13,15-18,21,24,27H,6,8-12,14H2,1-5,7H3/t15-,16-,17+,18-,21+,24+,25+,26-/m0/s1. The van der Waals surface area contributed by atoms with E-state index in [9.17, 15) is 14.7 Å². The SMILES string of the molecule is C=C(CO)[C@@]12O[C@@H]1[C@@]1(C)C(=CC2=O)[C@H](OC(=O)[C@H](C)C[C@@H](C)C[C@@H](C)CC)CC[C@@H]1C. The van der Waals surface area contributed by atoms with Crippen LogP contribution in [0.4, 0.5) is 0 Å². The second-order valence-corrected chi connectivity index (χ2v) is 10.6. The number of hydrogen-bond donors (Lipinski definition) is 1. The Kier molecular flexibility index (Phi) is 6.88. The van der Waals surface area contributed by atoms with Crippen LogP contribution in [0.5, 0.6) is 0 Å². The zero-order valence-electron chi connectivity index (χ0n) is 20.1. The van der Waals surface area contributed by atoms with E-state index in [0.717, 1.165) is 37.7 Å². The third-order valence-corrected chi connectivity index (χ3v) is 8.30. The molecule has 0 aromatic rings. The van der Waals surface area contributed by atoms with Gasteiger partial charge < -0.3 is 14.6 Å². The molecule has 2 fully saturated rings. The average Bonchev–Trinajstić information content (AvgIpc) is 3.50. The molecule has 1 heterocycles. The Bertz CT molecular complexity index is 770. The van der Waals surface area contributed by atoms with Crippen molar-refractivity contribution in [3.8, 4) is 0 Å². The zero-order chi connectivity index (χ0) is 23.1. The summed E-state index contributed by atoms with van der Waals surface area (Å²) in [5, 5.41) is 9.60. The van der Waals surface area contributed by atoms with Crippen LogP contribution < -0.4 is 0 Å². The molecule has 1 aliphatic heterocycles. The van der Waals surface area contributed by atoms with Crippen molar-refractivity contribution >= 4 is 11.8 Å². The molecule has 0 amide bonds. The molecular weight excluding hydrogens is 392 g/mol. The number of fused-ring (bicyclic) bond motifs is 3. The molecule has 0 aromatic carbocycles. The number of aliphatic hydroxyl groups is 1. The van der Waals surface area contributed by atoms with E-state index < -0.39 is 17.1 Å². The summed E-state index contributed by atoms with van der Waals surface area (Å²) in [6, 6.07) is 0. The Morgan fingerprint density at radius 2 is 1.97 bits per heavy atom. The van der Waals surface area contributed by atoms with Gasteiger partial charge in [-0.05, 0) is 60.7 Å². The normalized spacial score (nSPS) is 37.1. The molecule has 1 N–H and O–H groups in total. The Labute approximate surface area is 187 Å². The van der Waals surface area contributed by atoms with E-state index in [1.54, 1.807) is 6.08 Å². The molecule has 0 radical (unpaired) electrons. The van der Waals surface area contributed by atoms with Crippen molar-refractivity contribution in [1.29, 1.82) is 0 Å². The molecule has 3 aliphatic rings. The van der Waals surface area contributed by atoms with Gasteiger partial charge in [-0.2, -0.15) is 0 Å². The number of epoxide rings is 1. The van der Waals surface area contributed by atoms with E-state index in [2.05, 4.69) is 41.2 Å². The van der Waals surface area contributed by atoms with Crippen molar-refractivity contribution in [1.82, 2.24) is 0 Å². The van der Waals surface area contributed by atoms with E-state index in [0.29, 0.717) is 17.4 Å². The number of hydrogen-bond acceptors (Lipinski definition) is 5. The highest BCUT2D eigenvalue weighted by atomic mass is 16.6. The van der Waals surface area contributed by atoms with Crippen LogP contribution in [0, 0.1) is 29.1 Å². The fourth-order valence-electron chi connectivity index (χ4n) is 5.87. The summed E-state index contributed by atoms with van der Waals surface area (Å²) in [5.41, 5.74) is -0.240. The smallest absolute Gasteiger partial charge is 0.309 e. The largest absolute Gasteiger partial charge is 0.458 e. The maximum absolute atomic E-state index is 13.0. The molecule has 5 heteroatoms. The number of esters is 1. The van der Waals surface area contributed by atoms with Gasteiger partial charge in [-0.3, -0.25) is 9.59 Å². The van der Waals surface area contributed by atoms with Crippen LogP contribution in [0.25, 0.3) is 0 Å². The zero-order valence-corrected chi connectivity index (χ0v) is 20.1. The van der Waals surface area contributed by atoms with Gasteiger partial charge in [0.05, 0.1) is 12.5 Å². The molecule has 3 rings (SSSR count).